The van der Waals surface area contributed by atoms with Gasteiger partial charge in [-0.05, 0) is 42.8 Å². The van der Waals surface area contributed by atoms with Gasteiger partial charge in [0.05, 0.1) is 17.9 Å². The van der Waals surface area contributed by atoms with Crippen LogP contribution in [0.2, 0.25) is 5.02 Å². The quantitative estimate of drug-likeness (QED) is 0.759. The standard InChI is InChI=1S/C16H14BrClFNO2/c1-2-7-22-15-6-4-11(18)9-14(15)20-16(21)12-5-3-10(17)8-13(12)19/h3-6,8-9H,2,7H2,1H3,(H,20,21). The summed E-state index contributed by atoms with van der Waals surface area (Å²) in [5, 5.41) is 3.09. The van der Waals surface area contributed by atoms with Crippen molar-refractivity contribution in [2.45, 2.75) is 13.3 Å². The van der Waals surface area contributed by atoms with Crippen LogP contribution < -0.4 is 10.1 Å². The molecule has 0 saturated heterocycles. The average molecular weight is 387 g/mol. The Hall–Kier alpha value is -1.59. The summed E-state index contributed by atoms with van der Waals surface area (Å²) in [6.07, 6.45) is 0.831. The first-order chi connectivity index (χ1) is 10.5. The average Bonchev–Trinajstić information content (AvgIpc) is 2.46. The third kappa shape index (κ3) is 4.21. The molecule has 0 unspecified atom stereocenters. The lowest BCUT2D eigenvalue weighted by atomic mass is 10.2. The highest BCUT2D eigenvalue weighted by atomic mass is 79.9. The Morgan fingerprint density at radius 3 is 2.77 bits per heavy atom. The second-order valence-electron chi connectivity index (χ2n) is 4.57. The summed E-state index contributed by atoms with van der Waals surface area (Å²) in [6.45, 7) is 2.49. The molecule has 0 aliphatic carbocycles. The number of halogens is 3. The lowest BCUT2D eigenvalue weighted by Crippen LogP contribution is -2.14. The van der Waals surface area contributed by atoms with Crippen LogP contribution in [0.5, 0.6) is 5.75 Å². The fraction of sp³-hybridized carbons (Fsp3) is 0.188. The van der Waals surface area contributed by atoms with Gasteiger partial charge in [-0.3, -0.25) is 4.79 Å². The maximum absolute atomic E-state index is 13.8. The van der Waals surface area contributed by atoms with E-state index in [-0.39, 0.29) is 5.56 Å². The van der Waals surface area contributed by atoms with Gasteiger partial charge in [0.2, 0.25) is 0 Å². The van der Waals surface area contributed by atoms with Crippen molar-refractivity contribution in [3.63, 3.8) is 0 Å². The highest BCUT2D eigenvalue weighted by Crippen LogP contribution is 2.29. The normalized spacial score (nSPS) is 10.4. The van der Waals surface area contributed by atoms with Gasteiger partial charge in [-0.25, -0.2) is 4.39 Å². The Bertz CT molecular complexity index is 694. The molecule has 0 radical (unpaired) electrons. The summed E-state index contributed by atoms with van der Waals surface area (Å²) in [7, 11) is 0. The summed E-state index contributed by atoms with van der Waals surface area (Å²) in [4.78, 5) is 12.2. The van der Waals surface area contributed by atoms with Crippen molar-refractivity contribution < 1.29 is 13.9 Å². The zero-order valence-electron chi connectivity index (χ0n) is 11.8. The lowest BCUT2D eigenvalue weighted by molar-refractivity contribution is 0.102. The SMILES string of the molecule is CCCOc1ccc(Cl)cc1NC(=O)c1ccc(Br)cc1F. The molecule has 0 saturated carbocycles. The van der Waals surface area contributed by atoms with Crippen LogP contribution in [0.3, 0.4) is 0 Å². The highest BCUT2D eigenvalue weighted by molar-refractivity contribution is 9.10. The molecule has 116 valence electrons. The van der Waals surface area contributed by atoms with Crippen molar-refractivity contribution >= 4 is 39.1 Å². The second-order valence-corrected chi connectivity index (χ2v) is 5.92. The molecule has 0 spiro atoms. The van der Waals surface area contributed by atoms with Crippen LogP contribution in [0.1, 0.15) is 23.7 Å². The van der Waals surface area contributed by atoms with Crippen molar-refractivity contribution in [3.05, 3.63) is 57.3 Å². The van der Waals surface area contributed by atoms with E-state index in [9.17, 15) is 9.18 Å². The minimum absolute atomic E-state index is 0.0513. The van der Waals surface area contributed by atoms with Crippen LogP contribution in [-0.2, 0) is 0 Å². The highest BCUT2D eigenvalue weighted by Gasteiger charge is 2.14. The Morgan fingerprint density at radius 1 is 1.32 bits per heavy atom. The van der Waals surface area contributed by atoms with Crippen LogP contribution in [0.4, 0.5) is 10.1 Å². The van der Waals surface area contributed by atoms with Crippen molar-refractivity contribution in [1.29, 1.82) is 0 Å². The Labute approximate surface area is 141 Å². The maximum Gasteiger partial charge on any atom is 0.258 e. The molecule has 2 rings (SSSR count). The van der Waals surface area contributed by atoms with Gasteiger partial charge in [-0.2, -0.15) is 0 Å². The van der Waals surface area contributed by atoms with Gasteiger partial charge in [0.1, 0.15) is 11.6 Å². The molecular formula is C16H14BrClFNO2. The van der Waals surface area contributed by atoms with E-state index in [0.717, 1.165) is 6.42 Å². The molecule has 1 N–H and O–H groups in total. The van der Waals surface area contributed by atoms with Gasteiger partial charge in [0.15, 0.2) is 0 Å². The third-order valence-electron chi connectivity index (χ3n) is 2.83. The van der Waals surface area contributed by atoms with Crippen molar-refractivity contribution in [1.82, 2.24) is 0 Å². The van der Waals surface area contributed by atoms with Gasteiger partial charge in [-0.15, -0.1) is 0 Å². The van der Waals surface area contributed by atoms with Crippen molar-refractivity contribution in [2.24, 2.45) is 0 Å². The number of amides is 1. The molecule has 0 aromatic heterocycles. The van der Waals surface area contributed by atoms with Gasteiger partial charge < -0.3 is 10.1 Å². The maximum atomic E-state index is 13.8. The Kier molecular flexibility index (Phi) is 5.80. The zero-order chi connectivity index (χ0) is 16.1. The van der Waals surface area contributed by atoms with E-state index in [4.69, 9.17) is 16.3 Å². The van der Waals surface area contributed by atoms with E-state index in [1.165, 1.54) is 12.1 Å². The van der Waals surface area contributed by atoms with E-state index >= 15 is 0 Å². The van der Waals surface area contributed by atoms with Gasteiger partial charge in [0, 0.05) is 9.50 Å². The number of carbonyl (C=O) groups is 1. The molecule has 0 heterocycles. The summed E-state index contributed by atoms with van der Waals surface area (Å²) in [5.74, 6) is -0.671. The van der Waals surface area contributed by atoms with Crippen LogP contribution in [0.25, 0.3) is 0 Å². The van der Waals surface area contributed by atoms with E-state index in [2.05, 4.69) is 21.2 Å². The van der Waals surface area contributed by atoms with Gasteiger partial charge in [-0.1, -0.05) is 34.5 Å². The molecule has 0 aliphatic heterocycles. The fourth-order valence-electron chi connectivity index (χ4n) is 1.80. The van der Waals surface area contributed by atoms with Crippen LogP contribution in [-0.4, -0.2) is 12.5 Å². The summed E-state index contributed by atoms with van der Waals surface area (Å²) < 4.78 is 20.0. The molecule has 0 fully saturated rings. The molecule has 2 aromatic rings. The van der Waals surface area contributed by atoms with Crippen molar-refractivity contribution in [2.75, 3.05) is 11.9 Å². The number of carbonyl (C=O) groups excluding carboxylic acids is 1. The molecule has 0 aliphatic rings. The number of ether oxygens (including phenoxy) is 1. The van der Waals surface area contributed by atoms with Gasteiger partial charge >= 0.3 is 0 Å². The number of anilines is 1. The minimum Gasteiger partial charge on any atom is -0.491 e. The first-order valence-electron chi connectivity index (χ1n) is 6.70. The lowest BCUT2D eigenvalue weighted by Gasteiger charge is -2.13. The molecule has 0 atom stereocenters. The molecule has 3 nitrogen and oxygen atoms in total. The monoisotopic (exact) mass is 385 g/mol. The summed E-state index contributed by atoms with van der Waals surface area (Å²) in [6, 6.07) is 9.16. The molecule has 2 aromatic carbocycles. The topological polar surface area (TPSA) is 38.3 Å². The predicted molar refractivity (Wildman–Crippen MR) is 89.3 cm³/mol. The van der Waals surface area contributed by atoms with Crippen molar-refractivity contribution in [3.8, 4) is 5.75 Å². The van der Waals surface area contributed by atoms with Crippen LogP contribution in [0.15, 0.2) is 40.9 Å². The molecule has 22 heavy (non-hydrogen) atoms. The predicted octanol–water partition coefficient (Wildman–Crippen LogP) is 5.28. The molecule has 1 amide bonds. The number of hydrogen-bond donors (Lipinski definition) is 1. The largest absolute Gasteiger partial charge is 0.491 e. The Balaban J connectivity index is 2.25. The first-order valence-corrected chi connectivity index (χ1v) is 7.87. The second kappa shape index (κ2) is 7.61. The fourth-order valence-corrected chi connectivity index (χ4v) is 2.31. The molecular weight excluding hydrogens is 373 g/mol. The summed E-state index contributed by atoms with van der Waals surface area (Å²) in [5.41, 5.74) is 0.359. The van der Waals surface area contributed by atoms with E-state index < -0.39 is 11.7 Å². The Morgan fingerprint density at radius 2 is 2.09 bits per heavy atom. The van der Waals surface area contributed by atoms with E-state index in [1.54, 1.807) is 24.3 Å². The van der Waals surface area contributed by atoms with E-state index in [1.807, 2.05) is 6.92 Å². The number of rotatable bonds is 5. The minimum atomic E-state index is -0.607. The third-order valence-corrected chi connectivity index (χ3v) is 3.56. The molecule has 6 heteroatoms. The zero-order valence-corrected chi connectivity index (χ0v) is 14.2. The van der Waals surface area contributed by atoms with Crippen LogP contribution in [0, 0.1) is 5.82 Å². The number of nitrogens with one attached hydrogen (secondary N) is 1. The van der Waals surface area contributed by atoms with Gasteiger partial charge in [0.25, 0.3) is 5.91 Å². The van der Waals surface area contributed by atoms with E-state index in [0.29, 0.717) is 27.5 Å². The van der Waals surface area contributed by atoms with Crippen LogP contribution >= 0.6 is 27.5 Å². The molecule has 0 bridgehead atoms. The smallest absolute Gasteiger partial charge is 0.258 e. The first kappa shape index (κ1) is 16.8. The number of benzene rings is 2. The summed E-state index contributed by atoms with van der Waals surface area (Å²) >= 11 is 9.10. The number of hydrogen-bond acceptors (Lipinski definition) is 2.